The fourth-order valence-electron chi connectivity index (χ4n) is 1.81. The van der Waals surface area contributed by atoms with Crippen LogP contribution in [0.2, 0.25) is 0 Å². The van der Waals surface area contributed by atoms with Gasteiger partial charge in [-0.15, -0.1) is 0 Å². The minimum atomic E-state index is -0.546. The standard InChI is InChI=1S/C13H15N3O2/c14-6-5-13(3-4-13)8-18-11-7-9(15)1-2-10(11)12(16)17/h1-2,7H,3-5,8,15H2,(H2,16,17). The minimum Gasteiger partial charge on any atom is -0.492 e. The maximum atomic E-state index is 11.2. The molecule has 5 heteroatoms. The lowest BCUT2D eigenvalue weighted by Gasteiger charge is -2.15. The second kappa shape index (κ2) is 4.57. The van der Waals surface area contributed by atoms with Crippen molar-refractivity contribution in [3.05, 3.63) is 23.8 Å². The van der Waals surface area contributed by atoms with E-state index in [-0.39, 0.29) is 5.41 Å². The lowest BCUT2D eigenvalue weighted by atomic mass is 10.1. The second-order valence-corrected chi connectivity index (χ2v) is 4.74. The van der Waals surface area contributed by atoms with Crippen molar-refractivity contribution in [3.63, 3.8) is 0 Å². The summed E-state index contributed by atoms with van der Waals surface area (Å²) in [5, 5.41) is 8.73. The van der Waals surface area contributed by atoms with E-state index in [9.17, 15) is 4.79 Å². The van der Waals surface area contributed by atoms with E-state index in [0.29, 0.717) is 30.0 Å². The van der Waals surface area contributed by atoms with Gasteiger partial charge >= 0.3 is 0 Å². The van der Waals surface area contributed by atoms with Crippen molar-refractivity contribution in [2.75, 3.05) is 12.3 Å². The molecule has 18 heavy (non-hydrogen) atoms. The fraction of sp³-hybridized carbons (Fsp3) is 0.385. The molecule has 1 aliphatic carbocycles. The summed E-state index contributed by atoms with van der Waals surface area (Å²) >= 11 is 0. The molecule has 1 aromatic rings. The third kappa shape index (κ3) is 2.54. The summed E-state index contributed by atoms with van der Waals surface area (Å²) in [5.41, 5.74) is 11.7. The van der Waals surface area contributed by atoms with Crippen molar-refractivity contribution in [1.29, 1.82) is 5.26 Å². The SMILES string of the molecule is N#CCC1(COc2cc(N)ccc2C(N)=O)CC1. The summed E-state index contributed by atoms with van der Waals surface area (Å²) in [6, 6.07) is 6.90. The van der Waals surface area contributed by atoms with Gasteiger partial charge in [0.15, 0.2) is 0 Å². The monoisotopic (exact) mass is 245 g/mol. The molecule has 0 bridgehead atoms. The summed E-state index contributed by atoms with van der Waals surface area (Å²) in [6.45, 7) is 0.421. The van der Waals surface area contributed by atoms with Crippen LogP contribution in [0.5, 0.6) is 5.75 Å². The normalized spacial score (nSPS) is 15.7. The molecule has 4 N–H and O–H groups in total. The molecule has 1 amide bonds. The van der Waals surface area contributed by atoms with Crippen LogP contribution in [-0.2, 0) is 0 Å². The van der Waals surface area contributed by atoms with Crippen molar-refractivity contribution >= 4 is 11.6 Å². The van der Waals surface area contributed by atoms with Crippen molar-refractivity contribution in [2.24, 2.45) is 11.1 Å². The first-order chi connectivity index (χ1) is 8.56. The molecule has 1 fully saturated rings. The first-order valence-corrected chi connectivity index (χ1v) is 5.75. The van der Waals surface area contributed by atoms with Gasteiger partial charge in [-0.25, -0.2) is 0 Å². The van der Waals surface area contributed by atoms with Crippen LogP contribution in [0.1, 0.15) is 29.6 Å². The highest BCUT2D eigenvalue weighted by Crippen LogP contribution is 2.48. The lowest BCUT2D eigenvalue weighted by molar-refractivity contribution is 0.0995. The number of ether oxygens (including phenoxy) is 1. The van der Waals surface area contributed by atoms with Gasteiger partial charge in [0, 0.05) is 23.6 Å². The predicted molar refractivity (Wildman–Crippen MR) is 66.8 cm³/mol. The highest BCUT2D eigenvalue weighted by Gasteiger charge is 2.43. The molecule has 94 valence electrons. The number of nitrogen functional groups attached to an aromatic ring is 1. The molecule has 0 aliphatic heterocycles. The highest BCUT2D eigenvalue weighted by molar-refractivity contribution is 5.96. The Bertz CT molecular complexity index is 515. The largest absolute Gasteiger partial charge is 0.492 e. The van der Waals surface area contributed by atoms with Crippen LogP contribution in [0.4, 0.5) is 5.69 Å². The topological polar surface area (TPSA) is 102 Å². The number of hydrogen-bond acceptors (Lipinski definition) is 4. The van der Waals surface area contributed by atoms with Crippen LogP contribution < -0.4 is 16.2 Å². The van der Waals surface area contributed by atoms with Gasteiger partial charge in [-0.2, -0.15) is 5.26 Å². The number of amides is 1. The van der Waals surface area contributed by atoms with Gasteiger partial charge in [0.25, 0.3) is 5.91 Å². The van der Waals surface area contributed by atoms with Crippen LogP contribution in [0.25, 0.3) is 0 Å². The summed E-state index contributed by atoms with van der Waals surface area (Å²) < 4.78 is 5.63. The van der Waals surface area contributed by atoms with E-state index in [1.165, 1.54) is 0 Å². The number of hydrogen-bond donors (Lipinski definition) is 2. The van der Waals surface area contributed by atoms with E-state index in [4.69, 9.17) is 21.5 Å². The molecule has 0 unspecified atom stereocenters. The Morgan fingerprint density at radius 2 is 2.22 bits per heavy atom. The molecular weight excluding hydrogens is 230 g/mol. The van der Waals surface area contributed by atoms with Crippen molar-refractivity contribution < 1.29 is 9.53 Å². The Balaban J connectivity index is 2.11. The van der Waals surface area contributed by atoms with Crippen LogP contribution in [0.3, 0.4) is 0 Å². The number of rotatable bonds is 5. The Labute approximate surface area is 105 Å². The molecule has 2 rings (SSSR count). The summed E-state index contributed by atoms with van der Waals surface area (Å²) in [4.78, 5) is 11.2. The van der Waals surface area contributed by atoms with E-state index in [2.05, 4.69) is 6.07 Å². The molecule has 1 aliphatic rings. The number of benzene rings is 1. The Morgan fingerprint density at radius 1 is 1.50 bits per heavy atom. The number of primary amides is 1. The van der Waals surface area contributed by atoms with Gasteiger partial charge in [-0.1, -0.05) is 0 Å². The maximum absolute atomic E-state index is 11.2. The molecule has 5 nitrogen and oxygen atoms in total. The van der Waals surface area contributed by atoms with E-state index < -0.39 is 5.91 Å². The maximum Gasteiger partial charge on any atom is 0.252 e. The number of carbonyl (C=O) groups excluding carboxylic acids is 1. The number of nitrogens with zero attached hydrogens (tertiary/aromatic N) is 1. The Hall–Kier alpha value is -2.22. The van der Waals surface area contributed by atoms with E-state index in [1.807, 2.05) is 0 Å². The van der Waals surface area contributed by atoms with Gasteiger partial charge in [-0.3, -0.25) is 4.79 Å². The number of nitriles is 1. The first kappa shape index (κ1) is 12.2. The van der Waals surface area contributed by atoms with Gasteiger partial charge in [0.2, 0.25) is 0 Å². The average molecular weight is 245 g/mol. The Kier molecular flexibility index (Phi) is 3.11. The quantitative estimate of drug-likeness (QED) is 0.766. The van der Waals surface area contributed by atoms with E-state index in [1.54, 1.807) is 18.2 Å². The molecular formula is C13H15N3O2. The molecule has 1 aromatic carbocycles. The minimum absolute atomic E-state index is 0.0474. The third-order valence-electron chi connectivity index (χ3n) is 3.22. The molecule has 0 spiro atoms. The molecule has 0 heterocycles. The first-order valence-electron chi connectivity index (χ1n) is 5.75. The van der Waals surface area contributed by atoms with Gasteiger partial charge < -0.3 is 16.2 Å². The number of carbonyl (C=O) groups is 1. The summed E-state index contributed by atoms with van der Waals surface area (Å²) in [6.07, 6.45) is 2.44. The number of anilines is 1. The molecule has 0 aromatic heterocycles. The van der Waals surface area contributed by atoms with Crippen molar-refractivity contribution in [2.45, 2.75) is 19.3 Å². The average Bonchev–Trinajstić information content (AvgIpc) is 3.07. The lowest BCUT2D eigenvalue weighted by Crippen LogP contribution is -2.17. The van der Waals surface area contributed by atoms with Crippen molar-refractivity contribution in [3.8, 4) is 11.8 Å². The molecule has 1 saturated carbocycles. The number of nitrogens with two attached hydrogens (primary N) is 2. The van der Waals surface area contributed by atoms with E-state index >= 15 is 0 Å². The fourth-order valence-corrected chi connectivity index (χ4v) is 1.81. The van der Waals surface area contributed by atoms with Crippen molar-refractivity contribution in [1.82, 2.24) is 0 Å². The zero-order valence-corrected chi connectivity index (χ0v) is 9.98. The zero-order chi connectivity index (χ0) is 13.2. The van der Waals surface area contributed by atoms with Crippen LogP contribution >= 0.6 is 0 Å². The summed E-state index contributed by atoms with van der Waals surface area (Å²) in [5.74, 6) is -0.151. The van der Waals surface area contributed by atoms with Crippen LogP contribution in [-0.4, -0.2) is 12.5 Å². The Morgan fingerprint density at radius 3 is 2.78 bits per heavy atom. The smallest absolute Gasteiger partial charge is 0.252 e. The second-order valence-electron chi connectivity index (χ2n) is 4.74. The van der Waals surface area contributed by atoms with Gasteiger partial charge in [0.1, 0.15) is 5.75 Å². The van der Waals surface area contributed by atoms with Gasteiger partial charge in [-0.05, 0) is 25.0 Å². The third-order valence-corrected chi connectivity index (χ3v) is 3.22. The summed E-state index contributed by atoms with van der Waals surface area (Å²) in [7, 11) is 0. The molecule has 0 atom stereocenters. The highest BCUT2D eigenvalue weighted by atomic mass is 16.5. The predicted octanol–water partition coefficient (Wildman–Crippen LogP) is 1.44. The van der Waals surface area contributed by atoms with E-state index in [0.717, 1.165) is 12.8 Å². The molecule has 0 radical (unpaired) electrons. The molecule has 0 saturated heterocycles. The zero-order valence-electron chi connectivity index (χ0n) is 9.98. The van der Waals surface area contributed by atoms with Gasteiger partial charge in [0.05, 0.1) is 18.2 Å². The van der Waals surface area contributed by atoms with Crippen LogP contribution in [0, 0.1) is 16.7 Å². The van der Waals surface area contributed by atoms with Crippen LogP contribution in [0.15, 0.2) is 18.2 Å².